The number of amides is 2. The van der Waals surface area contributed by atoms with Gasteiger partial charge in [-0.15, -0.1) is 0 Å². The number of hydrogen-bond donors (Lipinski definition) is 2. The largest absolute Gasteiger partial charge is 0.451 e. The van der Waals surface area contributed by atoms with Crippen LogP contribution in [0.4, 0.5) is 5.69 Å². The van der Waals surface area contributed by atoms with E-state index in [9.17, 15) is 9.59 Å². The Hall–Kier alpha value is -2.27. The number of imide groups is 1. The van der Waals surface area contributed by atoms with Crippen LogP contribution in [0.25, 0.3) is 11.3 Å². The maximum Gasteiger partial charge on any atom is 0.293 e. The zero-order valence-electron chi connectivity index (χ0n) is 10.1. The summed E-state index contributed by atoms with van der Waals surface area (Å²) in [6.07, 6.45) is 0. The molecule has 6 heteroatoms. The van der Waals surface area contributed by atoms with Crippen LogP contribution in [-0.4, -0.2) is 11.8 Å². The first-order valence-corrected chi connectivity index (χ1v) is 5.82. The van der Waals surface area contributed by atoms with Crippen LogP contribution in [0.5, 0.6) is 0 Å². The van der Waals surface area contributed by atoms with Crippen molar-refractivity contribution < 1.29 is 14.0 Å². The Morgan fingerprint density at radius 2 is 2.00 bits per heavy atom. The van der Waals surface area contributed by atoms with Crippen molar-refractivity contribution in [2.75, 3.05) is 5.73 Å². The molecule has 3 N–H and O–H groups in total. The summed E-state index contributed by atoms with van der Waals surface area (Å²) >= 11 is 5.81. The number of carbonyl (C=O) groups is 2. The maximum atomic E-state index is 11.6. The Morgan fingerprint density at radius 3 is 2.63 bits per heavy atom. The van der Waals surface area contributed by atoms with Crippen LogP contribution >= 0.6 is 11.6 Å². The molecule has 98 valence electrons. The summed E-state index contributed by atoms with van der Waals surface area (Å²) in [7, 11) is 0. The van der Waals surface area contributed by atoms with E-state index in [-0.39, 0.29) is 5.76 Å². The van der Waals surface area contributed by atoms with Crippen molar-refractivity contribution in [3.8, 4) is 11.3 Å². The molecule has 0 unspecified atom stereocenters. The van der Waals surface area contributed by atoms with Gasteiger partial charge in [0.1, 0.15) is 5.76 Å². The Balaban J connectivity index is 2.30. The molecule has 0 bridgehead atoms. The first-order valence-electron chi connectivity index (χ1n) is 5.44. The number of nitrogen functional groups attached to an aromatic ring is 1. The molecular weight excluding hydrogens is 268 g/mol. The van der Waals surface area contributed by atoms with Gasteiger partial charge < -0.3 is 10.2 Å². The van der Waals surface area contributed by atoms with Gasteiger partial charge in [0.05, 0.1) is 0 Å². The number of halogens is 1. The van der Waals surface area contributed by atoms with Gasteiger partial charge in [-0.25, -0.2) is 0 Å². The third kappa shape index (κ3) is 2.95. The Morgan fingerprint density at radius 1 is 1.26 bits per heavy atom. The molecule has 0 fully saturated rings. The first kappa shape index (κ1) is 13.2. The number of rotatable bonds is 2. The van der Waals surface area contributed by atoms with Crippen LogP contribution in [-0.2, 0) is 4.79 Å². The molecule has 0 aliphatic rings. The van der Waals surface area contributed by atoms with Gasteiger partial charge in [0.25, 0.3) is 5.91 Å². The van der Waals surface area contributed by atoms with Crippen molar-refractivity contribution in [3.63, 3.8) is 0 Å². The van der Waals surface area contributed by atoms with E-state index >= 15 is 0 Å². The van der Waals surface area contributed by atoms with Crippen LogP contribution in [0.3, 0.4) is 0 Å². The first-order chi connectivity index (χ1) is 8.97. The van der Waals surface area contributed by atoms with Crippen molar-refractivity contribution in [2.45, 2.75) is 6.92 Å². The second-order valence-corrected chi connectivity index (χ2v) is 4.34. The third-order valence-electron chi connectivity index (χ3n) is 2.40. The van der Waals surface area contributed by atoms with E-state index in [1.807, 2.05) is 0 Å². The molecule has 0 aliphatic heterocycles. The topological polar surface area (TPSA) is 85.3 Å². The average molecular weight is 279 g/mol. The molecule has 1 aromatic heterocycles. The number of carbonyl (C=O) groups excluding carboxylic acids is 2. The average Bonchev–Trinajstić information content (AvgIpc) is 2.77. The predicted molar refractivity (Wildman–Crippen MR) is 71.7 cm³/mol. The Kier molecular flexibility index (Phi) is 3.57. The molecule has 0 aliphatic carbocycles. The molecule has 0 saturated carbocycles. The van der Waals surface area contributed by atoms with Gasteiger partial charge in [-0.2, -0.15) is 0 Å². The van der Waals surface area contributed by atoms with Crippen molar-refractivity contribution in [1.82, 2.24) is 5.32 Å². The van der Waals surface area contributed by atoms with Gasteiger partial charge in [0.2, 0.25) is 5.91 Å². The molecule has 0 radical (unpaired) electrons. The highest BCUT2D eigenvalue weighted by Crippen LogP contribution is 2.29. The minimum absolute atomic E-state index is 0.0413. The number of anilines is 1. The van der Waals surface area contributed by atoms with Gasteiger partial charge >= 0.3 is 0 Å². The quantitative estimate of drug-likeness (QED) is 0.826. The monoisotopic (exact) mass is 278 g/mol. The van der Waals surface area contributed by atoms with Crippen molar-refractivity contribution in [1.29, 1.82) is 0 Å². The zero-order chi connectivity index (χ0) is 14.0. The highest BCUT2D eigenvalue weighted by molar-refractivity contribution is 6.31. The van der Waals surface area contributed by atoms with E-state index in [0.29, 0.717) is 22.0 Å². The molecular formula is C13H11ClN2O3. The van der Waals surface area contributed by atoms with E-state index in [2.05, 4.69) is 5.32 Å². The molecule has 5 nitrogen and oxygen atoms in total. The smallest absolute Gasteiger partial charge is 0.293 e. The molecule has 0 saturated heterocycles. The van der Waals surface area contributed by atoms with Crippen LogP contribution in [0, 0.1) is 0 Å². The molecule has 2 aromatic rings. The van der Waals surface area contributed by atoms with E-state index in [1.165, 1.54) is 13.0 Å². The fourth-order valence-electron chi connectivity index (χ4n) is 1.58. The number of hydrogen-bond acceptors (Lipinski definition) is 4. The molecule has 2 amide bonds. The summed E-state index contributed by atoms with van der Waals surface area (Å²) in [6, 6.07) is 8.04. The van der Waals surface area contributed by atoms with Crippen molar-refractivity contribution in [3.05, 3.63) is 41.1 Å². The summed E-state index contributed by atoms with van der Waals surface area (Å²) in [5, 5.41) is 2.64. The normalized spacial score (nSPS) is 10.2. The lowest BCUT2D eigenvalue weighted by atomic mass is 10.1. The molecule has 1 aromatic carbocycles. The summed E-state index contributed by atoms with van der Waals surface area (Å²) < 4.78 is 5.37. The maximum absolute atomic E-state index is 11.6. The highest BCUT2D eigenvalue weighted by Gasteiger charge is 2.14. The second-order valence-electron chi connectivity index (χ2n) is 3.91. The highest BCUT2D eigenvalue weighted by atomic mass is 35.5. The van der Waals surface area contributed by atoms with Gasteiger partial charge in [0, 0.05) is 23.2 Å². The Bertz CT molecular complexity index is 649. The van der Waals surface area contributed by atoms with Crippen LogP contribution in [0.1, 0.15) is 17.5 Å². The Labute approximate surface area is 114 Å². The molecule has 0 atom stereocenters. The van der Waals surface area contributed by atoms with E-state index in [4.69, 9.17) is 21.8 Å². The van der Waals surface area contributed by atoms with Gasteiger partial charge in [-0.1, -0.05) is 11.6 Å². The van der Waals surface area contributed by atoms with Crippen LogP contribution < -0.4 is 11.1 Å². The fourth-order valence-corrected chi connectivity index (χ4v) is 1.76. The second kappa shape index (κ2) is 5.16. The fraction of sp³-hybridized carbons (Fsp3) is 0.0769. The van der Waals surface area contributed by atoms with Crippen LogP contribution in [0.2, 0.25) is 5.02 Å². The molecule has 2 rings (SSSR count). The zero-order valence-corrected chi connectivity index (χ0v) is 10.8. The summed E-state index contributed by atoms with van der Waals surface area (Å²) in [6.45, 7) is 1.25. The third-order valence-corrected chi connectivity index (χ3v) is 2.63. The van der Waals surface area contributed by atoms with Crippen molar-refractivity contribution >= 4 is 29.1 Å². The predicted octanol–water partition coefficient (Wildman–Crippen LogP) is 2.46. The van der Waals surface area contributed by atoms with Crippen molar-refractivity contribution in [2.24, 2.45) is 0 Å². The molecule has 0 spiro atoms. The van der Waals surface area contributed by atoms with E-state index in [1.54, 1.807) is 24.3 Å². The number of nitrogens with two attached hydrogens (primary N) is 1. The van der Waals surface area contributed by atoms with Crippen LogP contribution in [0.15, 0.2) is 34.7 Å². The van der Waals surface area contributed by atoms with E-state index in [0.717, 1.165) is 0 Å². The number of nitrogens with one attached hydrogen (secondary N) is 1. The summed E-state index contributed by atoms with van der Waals surface area (Å²) in [5.74, 6) is -0.567. The minimum Gasteiger partial charge on any atom is -0.451 e. The van der Waals surface area contributed by atoms with Gasteiger partial charge in [0.15, 0.2) is 5.76 Å². The number of furan rings is 1. The SMILES string of the molecule is CC(=O)NC(=O)c1ccc(-c2ccc(Cl)cc2N)o1. The molecule has 1 heterocycles. The lowest BCUT2D eigenvalue weighted by Gasteiger charge is -2.02. The lowest BCUT2D eigenvalue weighted by molar-refractivity contribution is -0.118. The summed E-state index contributed by atoms with van der Waals surface area (Å²) in [4.78, 5) is 22.3. The van der Waals surface area contributed by atoms with E-state index < -0.39 is 11.8 Å². The minimum atomic E-state index is -0.591. The molecule has 19 heavy (non-hydrogen) atoms. The standard InChI is InChI=1S/C13H11ClN2O3/c1-7(17)16-13(18)12-5-4-11(19-12)9-3-2-8(14)6-10(9)15/h2-6H,15H2,1H3,(H,16,17,18). The lowest BCUT2D eigenvalue weighted by Crippen LogP contribution is -2.27. The number of benzene rings is 1. The summed E-state index contributed by atoms with van der Waals surface area (Å²) in [5.41, 5.74) is 6.90. The van der Waals surface area contributed by atoms with Gasteiger partial charge in [-0.3, -0.25) is 14.9 Å². The van der Waals surface area contributed by atoms with Gasteiger partial charge in [-0.05, 0) is 30.3 Å².